The third-order valence-corrected chi connectivity index (χ3v) is 6.26. The summed E-state index contributed by atoms with van der Waals surface area (Å²) in [7, 11) is 5.28. The lowest BCUT2D eigenvalue weighted by Gasteiger charge is -2.15. The highest BCUT2D eigenvalue weighted by molar-refractivity contribution is 6.37. The van der Waals surface area contributed by atoms with Gasteiger partial charge in [0.15, 0.2) is 0 Å². The number of nitrogens with one attached hydrogen (secondary N) is 3. The summed E-state index contributed by atoms with van der Waals surface area (Å²) in [5.74, 6) is -1.10. The van der Waals surface area contributed by atoms with Gasteiger partial charge in [-0.15, -0.1) is 0 Å². The van der Waals surface area contributed by atoms with Crippen molar-refractivity contribution in [1.82, 2.24) is 10.4 Å². The van der Waals surface area contributed by atoms with E-state index in [0.29, 0.717) is 51.5 Å². The summed E-state index contributed by atoms with van der Waals surface area (Å²) in [4.78, 5) is 45.2. The SMILES string of the molecule is COC(=O)c1cc2c(cc1C)/C(=C(/Nc1ccc(C(=O)NOCCCN(C)C)cc1)c1ccccc1)C(=O)N2. The van der Waals surface area contributed by atoms with Gasteiger partial charge in [0.05, 0.1) is 36.2 Å². The number of fused-ring (bicyclic) bond motifs is 1. The Morgan fingerprint density at radius 3 is 2.36 bits per heavy atom. The fourth-order valence-electron chi connectivity index (χ4n) is 4.26. The Bertz CT molecular complexity index is 1400. The smallest absolute Gasteiger partial charge is 0.338 e. The fourth-order valence-corrected chi connectivity index (χ4v) is 4.26. The highest BCUT2D eigenvalue weighted by Gasteiger charge is 2.30. The van der Waals surface area contributed by atoms with Gasteiger partial charge in [0, 0.05) is 16.8 Å². The van der Waals surface area contributed by atoms with Crippen molar-refractivity contribution in [2.45, 2.75) is 13.3 Å². The second kappa shape index (κ2) is 12.4. The zero-order valence-electron chi connectivity index (χ0n) is 22.5. The summed E-state index contributed by atoms with van der Waals surface area (Å²) >= 11 is 0. The van der Waals surface area contributed by atoms with Crippen LogP contribution in [0.1, 0.15) is 43.8 Å². The lowest BCUT2D eigenvalue weighted by Crippen LogP contribution is -2.25. The predicted octanol–water partition coefficient (Wildman–Crippen LogP) is 4.33. The predicted molar refractivity (Wildman–Crippen MR) is 151 cm³/mol. The molecular weight excluding hydrogens is 496 g/mol. The molecule has 9 nitrogen and oxygen atoms in total. The largest absolute Gasteiger partial charge is 0.465 e. The quantitative estimate of drug-likeness (QED) is 0.156. The van der Waals surface area contributed by atoms with E-state index in [0.717, 1.165) is 18.5 Å². The number of carbonyl (C=O) groups excluding carboxylic acids is 3. The van der Waals surface area contributed by atoms with Crippen molar-refractivity contribution < 1.29 is 24.0 Å². The van der Waals surface area contributed by atoms with Gasteiger partial charge in [-0.25, -0.2) is 10.3 Å². The number of benzene rings is 3. The van der Waals surface area contributed by atoms with E-state index in [1.54, 1.807) is 37.3 Å². The molecule has 2 amide bonds. The molecule has 202 valence electrons. The van der Waals surface area contributed by atoms with E-state index in [-0.39, 0.29) is 11.8 Å². The van der Waals surface area contributed by atoms with E-state index in [1.807, 2.05) is 55.4 Å². The summed E-state index contributed by atoms with van der Waals surface area (Å²) in [5, 5.41) is 6.25. The van der Waals surface area contributed by atoms with Crippen molar-refractivity contribution in [2.75, 3.05) is 45.0 Å². The molecule has 39 heavy (non-hydrogen) atoms. The highest BCUT2D eigenvalue weighted by atomic mass is 16.6. The average molecular weight is 529 g/mol. The van der Waals surface area contributed by atoms with Crippen molar-refractivity contribution in [1.29, 1.82) is 0 Å². The Morgan fingerprint density at radius 1 is 0.974 bits per heavy atom. The van der Waals surface area contributed by atoms with Gasteiger partial charge < -0.3 is 20.3 Å². The molecule has 9 heteroatoms. The summed E-state index contributed by atoms with van der Waals surface area (Å²) in [6.45, 7) is 3.09. The zero-order valence-corrected chi connectivity index (χ0v) is 22.5. The summed E-state index contributed by atoms with van der Waals surface area (Å²) in [6, 6.07) is 19.9. The number of nitrogens with zero attached hydrogens (tertiary/aromatic N) is 1. The molecule has 3 aromatic rings. The molecule has 0 bridgehead atoms. The van der Waals surface area contributed by atoms with Crippen molar-refractivity contribution in [3.05, 3.63) is 94.5 Å². The van der Waals surface area contributed by atoms with Crippen LogP contribution < -0.4 is 16.1 Å². The maximum absolute atomic E-state index is 13.2. The molecule has 0 spiro atoms. The molecule has 3 aromatic carbocycles. The van der Waals surface area contributed by atoms with Gasteiger partial charge in [-0.2, -0.15) is 0 Å². The topological polar surface area (TPSA) is 109 Å². The van der Waals surface area contributed by atoms with Crippen LogP contribution in [0.25, 0.3) is 11.3 Å². The van der Waals surface area contributed by atoms with Crippen LogP contribution >= 0.6 is 0 Å². The Kier molecular flexibility index (Phi) is 8.75. The molecule has 0 saturated heterocycles. The van der Waals surface area contributed by atoms with Crippen LogP contribution in [-0.2, 0) is 14.4 Å². The third-order valence-electron chi connectivity index (χ3n) is 6.26. The Labute approximate surface area is 227 Å². The van der Waals surface area contributed by atoms with Crippen LogP contribution in [0, 0.1) is 6.92 Å². The fraction of sp³-hybridized carbons (Fsp3) is 0.233. The Morgan fingerprint density at radius 2 is 1.69 bits per heavy atom. The lowest BCUT2D eigenvalue weighted by molar-refractivity contribution is -0.110. The maximum atomic E-state index is 13.2. The van der Waals surface area contributed by atoms with Gasteiger partial charge in [-0.1, -0.05) is 30.3 Å². The number of rotatable bonds is 10. The van der Waals surface area contributed by atoms with Crippen molar-refractivity contribution in [3.8, 4) is 0 Å². The minimum atomic E-state index is -0.466. The van der Waals surface area contributed by atoms with Crippen molar-refractivity contribution in [2.24, 2.45) is 0 Å². The minimum Gasteiger partial charge on any atom is -0.465 e. The van der Waals surface area contributed by atoms with Gasteiger partial charge in [-0.3, -0.25) is 14.4 Å². The second-order valence-electron chi connectivity index (χ2n) is 9.41. The molecule has 0 unspecified atom stereocenters. The number of methoxy groups -OCH3 is 1. The van der Waals surface area contributed by atoms with E-state index < -0.39 is 5.97 Å². The van der Waals surface area contributed by atoms with Gasteiger partial charge >= 0.3 is 5.97 Å². The first kappa shape index (κ1) is 27.6. The van der Waals surface area contributed by atoms with Gasteiger partial charge in [0.25, 0.3) is 11.8 Å². The number of anilines is 2. The van der Waals surface area contributed by atoms with Crippen LogP contribution in [0.2, 0.25) is 0 Å². The molecule has 0 saturated carbocycles. The van der Waals surface area contributed by atoms with E-state index in [2.05, 4.69) is 16.1 Å². The number of carbonyl (C=O) groups is 3. The number of hydrogen-bond acceptors (Lipinski definition) is 7. The average Bonchev–Trinajstić information content (AvgIpc) is 3.25. The molecule has 0 aliphatic carbocycles. The summed E-state index contributed by atoms with van der Waals surface area (Å²) < 4.78 is 4.88. The first-order valence-electron chi connectivity index (χ1n) is 12.6. The summed E-state index contributed by atoms with van der Waals surface area (Å²) in [5.41, 5.74) is 7.75. The van der Waals surface area contributed by atoms with Gasteiger partial charge in [-0.05, 0) is 81.5 Å². The van der Waals surface area contributed by atoms with E-state index >= 15 is 0 Å². The third kappa shape index (κ3) is 6.51. The second-order valence-corrected chi connectivity index (χ2v) is 9.41. The Balaban J connectivity index is 1.61. The van der Waals surface area contributed by atoms with Gasteiger partial charge in [0.1, 0.15) is 0 Å². The van der Waals surface area contributed by atoms with Crippen LogP contribution in [0.3, 0.4) is 0 Å². The van der Waals surface area contributed by atoms with Crippen LogP contribution in [0.15, 0.2) is 66.7 Å². The zero-order chi connectivity index (χ0) is 27.9. The molecule has 0 aromatic heterocycles. The number of ether oxygens (including phenoxy) is 1. The number of amides is 2. The number of hydroxylamine groups is 1. The number of aryl methyl sites for hydroxylation is 1. The highest BCUT2D eigenvalue weighted by Crippen LogP contribution is 2.39. The molecular formula is C30H32N4O5. The maximum Gasteiger partial charge on any atom is 0.338 e. The number of hydrogen-bond donors (Lipinski definition) is 3. The molecule has 1 aliphatic rings. The first-order chi connectivity index (χ1) is 18.8. The monoisotopic (exact) mass is 528 g/mol. The van der Waals surface area contributed by atoms with Crippen LogP contribution in [0.4, 0.5) is 11.4 Å². The minimum absolute atomic E-state index is 0.291. The first-order valence-corrected chi connectivity index (χ1v) is 12.6. The lowest BCUT2D eigenvalue weighted by atomic mass is 9.96. The molecule has 1 heterocycles. The molecule has 0 atom stereocenters. The standard InChI is InChI=1S/C30H32N4O5/c1-19-17-24-25(18-23(19)30(37)38-4)32-29(36)26(24)27(20-9-6-5-7-10-20)31-22-13-11-21(12-14-22)28(35)33-39-16-8-15-34(2)3/h5-7,9-14,17-18,31H,8,15-16H2,1-4H3,(H,32,36)(H,33,35)/b27-26-. The van der Waals surface area contributed by atoms with Crippen LogP contribution in [0.5, 0.6) is 0 Å². The molecule has 4 rings (SSSR count). The molecule has 0 radical (unpaired) electrons. The molecule has 0 fully saturated rings. The van der Waals surface area contributed by atoms with E-state index in [9.17, 15) is 14.4 Å². The van der Waals surface area contributed by atoms with Crippen molar-refractivity contribution in [3.63, 3.8) is 0 Å². The molecule has 1 aliphatic heterocycles. The van der Waals surface area contributed by atoms with Crippen LogP contribution in [-0.4, -0.2) is 57.0 Å². The van der Waals surface area contributed by atoms with E-state index in [1.165, 1.54) is 7.11 Å². The normalized spacial score (nSPS) is 13.5. The number of esters is 1. The summed E-state index contributed by atoms with van der Waals surface area (Å²) in [6.07, 6.45) is 0.799. The van der Waals surface area contributed by atoms with Crippen molar-refractivity contribution >= 4 is 40.4 Å². The van der Waals surface area contributed by atoms with Gasteiger partial charge in [0.2, 0.25) is 0 Å². The van der Waals surface area contributed by atoms with E-state index in [4.69, 9.17) is 9.57 Å². The molecule has 3 N–H and O–H groups in total. The Hall–Kier alpha value is -4.47.